The number of carbonyl (C=O) groups excluding carboxylic acids is 1. The number of nitrogens with zero attached hydrogens (tertiary/aromatic N) is 2. The average Bonchev–Trinajstić information content (AvgIpc) is 3.08. The van der Waals surface area contributed by atoms with E-state index < -0.39 is 9.84 Å². The maximum absolute atomic E-state index is 12.4. The summed E-state index contributed by atoms with van der Waals surface area (Å²) in [5.74, 6) is -0.360. The van der Waals surface area contributed by atoms with Crippen molar-refractivity contribution in [1.82, 2.24) is 9.78 Å². The van der Waals surface area contributed by atoms with Crippen LogP contribution in [0.15, 0.2) is 71.9 Å². The number of sulfone groups is 1. The number of carbonyl (C=O) groups is 1. The summed E-state index contributed by atoms with van der Waals surface area (Å²) in [6, 6.07) is 15.3. The van der Waals surface area contributed by atoms with Crippen LogP contribution in [0.3, 0.4) is 0 Å². The highest BCUT2D eigenvalue weighted by Gasteiger charge is 2.15. The van der Waals surface area contributed by atoms with Crippen LogP contribution in [0.1, 0.15) is 15.9 Å². The van der Waals surface area contributed by atoms with E-state index in [9.17, 15) is 13.2 Å². The van der Waals surface area contributed by atoms with Gasteiger partial charge in [-0.3, -0.25) is 9.48 Å². The molecule has 0 saturated carbocycles. The van der Waals surface area contributed by atoms with Gasteiger partial charge in [0, 0.05) is 24.2 Å². The highest BCUT2D eigenvalue weighted by Crippen LogP contribution is 2.21. The highest BCUT2D eigenvalue weighted by atomic mass is 32.2. The van der Waals surface area contributed by atoms with E-state index in [0.29, 0.717) is 12.1 Å². The number of aromatic nitrogens is 2. The fourth-order valence-corrected chi connectivity index (χ4v) is 3.27. The summed E-state index contributed by atoms with van der Waals surface area (Å²) in [7, 11) is -3.42. The molecule has 0 spiro atoms. The van der Waals surface area contributed by atoms with E-state index in [4.69, 9.17) is 0 Å². The molecule has 7 heteroatoms. The third kappa shape index (κ3) is 4.13. The Balaban J connectivity index is 1.76. The zero-order chi connectivity index (χ0) is 17.9. The van der Waals surface area contributed by atoms with Crippen molar-refractivity contribution in [2.45, 2.75) is 11.4 Å². The van der Waals surface area contributed by atoms with E-state index in [2.05, 4.69) is 10.4 Å². The van der Waals surface area contributed by atoms with Gasteiger partial charge in [0.05, 0.1) is 17.1 Å². The van der Waals surface area contributed by atoms with Gasteiger partial charge in [0.15, 0.2) is 9.84 Å². The van der Waals surface area contributed by atoms with Crippen molar-refractivity contribution in [2.24, 2.45) is 0 Å². The summed E-state index contributed by atoms with van der Waals surface area (Å²) in [6.45, 7) is 0.617. The Bertz CT molecular complexity index is 979. The molecule has 0 aliphatic rings. The zero-order valence-electron chi connectivity index (χ0n) is 13.6. The standard InChI is InChI=1S/C18H17N3O3S/c1-25(23,24)17-6-3-2-5-16(17)20-18(22)15-9-7-14(8-10-15)13-21-12-4-11-19-21/h2-12H,13H2,1H3,(H,20,22). The SMILES string of the molecule is CS(=O)(=O)c1ccccc1NC(=O)c1ccc(Cn2cccn2)cc1. The van der Waals surface area contributed by atoms with Crippen molar-refractivity contribution in [3.05, 3.63) is 78.1 Å². The number of hydrogen-bond donors (Lipinski definition) is 1. The first-order chi connectivity index (χ1) is 11.9. The third-order valence-electron chi connectivity index (χ3n) is 3.65. The maximum atomic E-state index is 12.4. The zero-order valence-corrected chi connectivity index (χ0v) is 14.4. The number of anilines is 1. The van der Waals surface area contributed by atoms with Gasteiger partial charge in [-0.1, -0.05) is 24.3 Å². The van der Waals surface area contributed by atoms with Gasteiger partial charge >= 0.3 is 0 Å². The molecule has 2 aromatic carbocycles. The Kier molecular flexibility index (Phi) is 4.67. The molecule has 0 bridgehead atoms. The Morgan fingerprint density at radius 3 is 2.44 bits per heavy atom. The van der Waals surface area contributed by atoms with Gasteiger partial charge in [-0.25, -0.2) is 8.42 Å². The van der Waals surface area contributed by atoms with E-state index in [1.165, 1.54) is 6.07 Å². The minimum absolute atomic E-state index is 0.0960. The van der Waals surface area contributed by atoms with Gasteiger partial charge in [-0.05, 0) is 35.9 Å². The van der Waals surface area contributed by atoms with Crippen LogP contribution in [0.4, 0.5) is 5.69 Å². The molecule has 0 atom stereocenters. The Morgan fingerprint density at radius 1 is 1.08 bits per heavy atom. The van der Waals surface area contributed by atoms with E-state index in [-0.39, 0.29) is 16.5 Å². The van der Waals surface area contributed by atoms with E-state index in [1.807, 2.05) is 24.4 Å². The molecular formula is C18H17N3O3S. The smallest absolute Gasteiger partial charge is 0.255 e. The fraction of sp³-hybridized carbons (Fsp3) is 0.111. The van der Waals surface area contributed by atoms with Crippen LogP contribution in [-0.2, 0) is 16.4 Å². The summed E-state index contributed by atoms with van der Waals surface area (Å²) in [5, 5.41) is 6.80. The molecule has 128 valence electrons. The van der Waals surface area contributed by atoms with Crippen LogP contribution >= 0.6 is 0 Å². The summed E-state index contributed by atoms with van der Waals surface area (Å²) in [6.07, 6.45) is 4.69. The minimum Gasteiger partial charge on any atom is -0.321 e. The topological polar surface area (TPSA) is 81.1 Å². The first kappa shape index (κ1) is 16.9. The molecule has 0 unspecified atom stereocenters. The monoisotopic (exact) mass is 355 g/mol. The molecule has 1 heterocycles. The largest absolute Gasteiger partial charge is 0.321 e. The third-order valence-corrected chi connectivity index (χ3v) is 4.81. The van der Waals surface area contributed by atoms with Gasteiger partial charge in [0.2, 0.25) is 0 Å². The summed E-state index contributed by atoms with van der Waals surface area (Å²) < 4.78 is 25.4. The molecule has 1 N–H and O–H groups in total. The normalized spacial score (nSPS) is 11.2. The van der Waals surface area contributed by atoms with Crippen molar-refractivity contribution >= 4 is 21.4 Å². The summed E-state index contributed by atoms with van der Waals surface area (Å²) >= 11 is 0. The van der Waals surface area contributed by atoms with E-state index in [1.54, 1.807) is 41.2 Å². The molecular weight excluding hydrogens is 338 g/mol. The second-order valence-corrected chi connectivity index (χ2v) is 7.61. The van der Waals surface area contributed by atoms with Crippen molar-refractivity contribution in [3.8, 4) is 0 Å². The molecule has 0 aliphatic carbocycles. The number of benzene rings is 2. The van der Waals surface area contributed by atoms with Crippen molar-refractivity contribution in [2.75, 3.05) is 11.6 Å². The van der Waals surface area contributed by atoms with Gasteiger partial charge in [0.25, 0.3) is 5.91 Å². The van der Waals surface area contributed by atoms with Gasteiger partial charge in [-0.2, -0.15) is 5.10 Å². The Labute approximate surface area is 146 Å². The van der Waals surface area contributed by atoms with Crippen LogP contribution in [0.25, 0.3) is 0 Å². The summed E-state index contributed by atoms with van der Waals surface area (Å²) in [4.78, 5) is 12.5. The van der Waals surface area contributed by atoms with Crippen LogP contribution in [-0.4, -0.2) is 30.4 Å². The minimum atomic E-state index is -3.42. The second kappa shape index (κ2) is 6.90. The van der Waals surface area contributed by atoms with Crippen LogP contribution < -0.4 is 5.32 Å². The fourth-order valence-electron chi connectivity index (χ4n) is 2.43. The first-order valence-corrected chi connectivity index (χ1v) is 9.49. The van der Waals surface area contributed by atoms with Crippen molar-refractivity contribution < 1.29 is 13.2 Å². The lowest BCUT2D eigenvalue weighted by Crippen LogP contribution is -2.14. The molecule has 3 rings (SSSR count). The number of amides is 1. The van der Waals surface area contributed by atoms with Gasteiger partial charge in [-0.15, -0.1) is 0 Å². The lowest BCUT2D eigenvalue weighted by atomic mass is 10.1. The number of nitrogens with one attached hydrogen (secondary N) is 1. The molecule has 0 radical (unpaired) electrons. The van der Waals surface area contributed by atoms with Crippen molar-refractivity contribution in [3.63, 3.8) is 0 Å². The van der Waals surface area contributed by atoms with Crippen LogP contribution in [0, 0.1) is 0 Å². The molecule has 1 amide bonds. The van der Waals surface area contributed by atoms with Crippen LogP contribution in [0.2, 0.25) is 0 Å². The highest BCUT2D eigenvalue weighted by molar-refractivity contribution is 7.90. The quantitative estimate of drug-likeness (QED) is 0.763. The van der Waals surface area contributed by atoms with Crippen LogP contribution in [0.5, 0.6) is 0 Å². The average molecular weight is 355 g/mol. The molecule has 6 nitrogen and oxygen atoms in total. The molecule has 3 aromatic rings. The lowest BCUT2D eigenvalue weighted by molar-refractivity contribution is 0.102. The van der Waals surface area contributed by atoms with Gasteiger partial charge < -0.3 is 5.32 Å². The lowest BCUT2D eigenvalue weighted by Gasteiger charge is -2.10. The second-order valence-electron chi connectivity index (χ2n) is 5.62. The van der Waals surface area contributed by atoms with Crippen molar-refractivity contribution in [1.29, 1.82) is 0 Å². The molecule has 0 saturated heterocycles. The molecule has 0 aliphatic heterocycles. The van der Waals surface area contributed by atoms with E-state index >= 15 is 0 Å². The first-order valence-electron chi connectivity index (χ1n) is 7.60. The van der Waals surface area contributed by atoms with Gasteiger partial charge in [0.1, 0.15) is 0 Å². The number of para-hydroxylation sites is 1. The van der Waals surface area contributed by atoms with E-state index in [0.717, 1.165) is 11.8 Å². The number of rotatable bonds is 5. The predicted octanol–water partition coefficient (Wildman–Crippen LogP) is 2.59. The Morgan fingerprint density at radius 2 is 1.80 bits per heavy atom. The summed E-state index contributed by atoms with van der Waals surface area (Å²) in [5.41, 5.74) is 1.74. The maximum Gasteiger partial charge on any atom is 0.255 e. The molecule has 25 heavy (non-hydrogen) atoms. The molecule has 1 aromatic heterocycles. The molecule has 0 fully saturated rings. The number of hydrogen-bond acceptors (Lipinski definition) is 4. The Hall–Kier alpha value is -2.93. The predicted molar refractivity (Wildman–Crippen MR) is 95.3 cm³/mol.